The number of fused-ring (bicyclic) bond motifs is 1. The third-order valence-corrected chi connectivity index (χ3v) is 7.39. The number of nitrogens with zero attached hydrogens (tertiary/aromatic N) is 2. The zero-order chi connectivity index (χ0) is 25.8. The molecule has 0 aliphatic carbocycles. The van der Waals surface area contributed by atoms with Crippen LogP contribution in [-0.2, 0) is 10.0 Å². The van der Waals surface area contributed by atoms with Gasteiger partial charge in [0.05, 0.1) is 22.3 Å². The number of anilines is 1. The van der Waals surface area contributed by atoms with Gasteiger partial charge in [0, 0.05) is 23.7 Å². The summed E-state index contributed by atoms with van der Waals surface area (Å²) >= 11 is 0. The van der Waals surface area contributed by atoms with E-state index in [4.69, 9.17) is 0 Å². The number of hydrogen-bond acceptors (Lipinski definition) is 4. The highest BCUT2D eigenvalue weighted by atomic mass is 32.2. The van der Waals surface area contributed by atoms with Crippen molar-refractivity contribution < 1.29 is 12.8 Å². The van der Waals surface area contributed by atoms with E-state index in [9.17, 15) is 12.8 Å². The lowest BCUT2D eigenvalue weighted by atomic mass is 10.1. The zero-order valence-corrected chi connectivity index (χ0v) is 21.9. The van der Waals surface area contributed by atoms with Gasteiger partial charge in [0.15, 0.2) is 0 Å². The molecule has 0 aliphatic heterocycles. The molecule has 8 heteroatoms. The van der Waals surface area contributed by atoms with Gasteiger partial charge < -0.3 is 5.32 Å². The summed E-state index contributed by atoms with van der Waals surface area (Å²) in [6.45, 7) is 11.8. The van der Waals surface area contributed by atoms with Crippen molar-refractivity contribution in [2.75, 3.05) is 11.9 Å². The molecule has 35 heavy (non-hydrogen) atoms. The lowest BCUT2D eigenvalue weighted by Crippen LogP contribution is -2.38. The van der Waals surface area contributed by atoms with Gasteiger partial charge in [0.2, 0.25) is 10.0 Å². The summed E-state index contributed by atoms with van der Waals surface area (Å²) in [6, 6.07) is 15.4. The van der Waals surface area contributed by atoms with Crippen LogP contribution >= 0.6 is 0 Å². The van der Waals surface area contributed by atoms with Crippen LogP contribution in [-0.4, -0.2) is 30.8 Å². The quantitative estimate of drug-likeness (QED) is 0.334. The Morgan fingerprint density at radius 2 is 1.66 bits per heavy atom. The lowest BCUT2D eigenvalue weighted by molar-refractivity contribution is 0.564. The molecule has 0 saturated heterocycles. The van der Waals surface area contributed by atoms with Gasteiger partial charge in [-0.2, -0.15) is 5.10 Å². The molecule has 1 heterocycles. The molecule has 4 aromatic rings. The summed E-state index contributed by atoms with van der Waals surface area (Å²) < 4.78 is 44.2. The van der Waals surface area contributed by atoms with E-state index in [-0.39, 0.29) is 11.9 Å². The van der Waals surface area contributed by atoms with Crippen LogP contribution in [0.2, 0.25) is 0 Å². The Morgan fingerprint density at radius 1 is 1.00 bits per heavy atom. The highest BCUT2D eigenvalue weighted by molar-refractivity contribution is 7.89. The average molecular weight is 497 g/mol. The van der Waals surface area contributed by atoms with Crippen LogP contribution in [0.3, 0.4) is 0 Å². The molecule has 1 atom stereocenters. The smallest absolute Gasteiger partial charge is 0.241 e. The highest BCUT2D eigenvalue weighted by Gasteiger charge is 2.22. The molecule has 0 aliphatic rings. The van der Waals surface area contributed by atoms with Crippen LogP contribution in [0.4, 0.5) is 10.1 Å². The van der Waals surface area contributed by atoms with Crippen molar-refractivity contribution >= 4 is 26.6 Å². The average Bonchev–Trinajstić information content (AvgIpc) is 3.22. The van der Waals surface area contributed by atoms with Gasteiger partial charge in [-0.25, -0.2) is 22.2 Å². The Hall–Kier alpha value is -3.23. The maximum Gasteiger partial charge on any atom is 0.241 e. The Bertz CT molecular complexity index is 1410. The third kappa shape index (κ3) is 5.89. The molecular formula is C27H33FN4O2S. The summed E-state index contributed by atoms with van der Waals surface area (Å²) in [5, 5.41) is 8.60. The second kappa shape index (κ2) is 11.0. The van der Waals surface area contributed by atoms with Gasteiger partial charge in [-0.3, -0.25) is 0 Å². The van der Waals surface area contributed by atoms with E-state index in [1.165, 1.54) is 12.1 Å². The van der Waals surface area contributed by atoms with Gasteiger partial charge >= 0.3 is 0 Å². The normalized spacial score (nSPS) is 12.2. The minimum absolute atomic E-state index is 0.328. The minimum Gasteiger partial charge on any atom is -0.383 e. The highest BCUT2D eigenvalue weighted by Crippen LogP contribution is 2.26. The standard InChI is InChI=1S/C25H27FN4O2S.C2H6/c1-16-11-17(2)25(18(3)12-16)33(31,32)29-19(4)14-27-23-9-6-10-24-22(23)15-28-30(24)21-8-5-7-20(26)13-21;1-2/h5-13,15,19,27,29H,14H2,1-4H3;1-2H3. The molecule has 0 saturated carbocycles. The molecule has 4 rings (SSSR count). The molecule has 2 N–H and O–H groups in total. The van der Waals surface area contributed by atoms with Crippen molar-refractivity contribution in [3.05, 3.63) is 83.3 Å². The van der Waals surface area contributed by atoms with E-state index in [1.807, 2.05) is 71.9 Å². The number of benzene rings is 3. The van der Waals surface area contributed by atoms with Crippen LogP contribution in [0.15, 0.2) is 65.7 Å². The number of hydrogen-bond donors (Lipinski definition) is 2. The summed E-state index contributed by atoms with van der Waals surface area (Å²) in [5.41, 5.74) is 4.77. The maximum absolute atomic E-state index is 13.7. The van der Waals surface area contributed by atoms with Crippen molar-refractivity contribution in [3.63, 3.8) is 0 Å². The van der Waals surface area contributed by atoms with Crippen LogP contribution in [0.1, 0.15) is 37.5 Å². The predicted molar refractivity (Wildman–Crippen MR) is 141 cm³/mol. The first kappa shape index (κ1) is 26.4. The van der Waals surface area contributed by atoms with Crippen LogP contribution in [0.25, 0.3) is 16.6 Å². The van der Waals surface area contributed by atoms with Crippen molar-refractivity contribution in [2.24, 2.45) is 0 Å². The number of nitrogens with one attached hydrogen (secondary N) is 2. The third-order valence-electron chi connectivity index (χ3n) is 5.49. The molecule has 1 aromatic heterocycles. The van der Waals surface area contributed by atoms with E-state index in [1.54, 1.807) is 23.0 Å². The van der Waals surface area contributed by atoms with Crippen molar-refractivity contribution in [2.45, 2.75) is 52.5 Å². The van der Waals surface area contributed by atoms with E-state index < -0.39 is 10.0 Å². The maximum atomic E-state index is 13.7. The molecule has 3 aromatic carbocycles. The molecule has 6 nitrogen and oxygen atoms in total. The SMILES string of the molecule is CC.Cc1cc(C)c(S(=O)(=O)NC(C)CNc2cccc3c2cnn3-c2cccc(F)c2)c(C)c1. The topological polar surface area (TPSA) is 76.0 Å². The van der Waals surface area contributed by atoms with Gasteiger partial charge in [-0.05, 0) is 69.2 Å². The fourth-order valence-electron chi connectivity index (χ4n) is 4.24. The summed E-state index contributed by atoms with van der Waals surface area (Å²) in [5.74, 6) is -0.328. The second-order valence-electron chi connectivity index (χ2n) is 8.41. The molecular weight excluding hydrogens is 463 g/mol. The van der Waals surface area contributed by atoms with E-state index in [0.29, 0.717) is 17.1 Å². The number of aryl methyl sites for hydroxylation is 3. The summed E-state index contributed by atoms with van der Waals surface area (Å²) in [4.78, 5) is 0.332. The predicted octanol–water partition coefficient (Wildman–Crippen LogP) is 5.89. The second-order valence-corrected chi connectivity index (χ2v) is 10.1. The first-order chi connectivity index (χ1) is 16.7. The van der Waals surface area contributed by atoms with Crippen molar-refractivity contribution in [1.82, 2.24) is 14.5 Å². The van der Waals surface area contributed by atoms with Crippen LogP contribution in [0, 0.1) is 26.6 Å². The first-order valence-electron chi connectivity index (χ1n) is 11.7. The van der Waals surface area contributed by atoms with Crippen LogP contribution in [0.5, 0.6) is 0 Å². The summed E-state index contributed by atoms with van der Waals surface area (Å²) in [6.07, 6.45) is 1.72. The number of aromatic nitrogens is 2. The van der Waals surface area contributed by atoms with Crippen molar-refractivity contribution in [1.29, 1.82) is 0 Å². The molecule has 186 valence electrons. The molecule has 0 bridgehead atoms. The fourth-order valence-corrected chi connectivity index (χ4v) is 5.93. The van der Waals surface area contributed by atoms with Crippen LogP contribution < -0.4 is 10.0 Å². The van der Waals surface area contributed by atoms with Gasteiger partial charge in [0.1, 0.15) is 5.82 Å². The van der Waals surface area contributed by atoms with E-state index >= 15 is 0 Å². The largest absolute Gasteiger partial charge is 0.383 e. The Labute approximate surface area is 207 Å². The molecule has 0 radical (unpaired) electrons. The lowest BCUT2D eigenvalue weighted by Gasteiger charge is -2.18. The Balaban J connectivity index is 0.00000167. The monoisotopic (exact) mass is 496 g/mol. The Kier molecular flexibility index (Phi) is 8.30. The van der Waals surface area contributed by atoms with Gasteiger partial charge in [-0.15, -0.1) is 0 Å². The number of sulfonamides is 1. The molecule has 1 unspecified atom stereocenters. The minimum atomic E-state index is -3.66. The summed E-state index contributed by atoms with van der Waals surface area (Å²) in [7, 11) is -3.66. The van der Waals surface area contributed by atoms with E-state index in [2.05, 4.69) is 15.1 Å². The zero-order valence-electron chi connectivity index (χ0n) is 21.1. The Morgan fingerprint density at radius 3 is 2.31 bits per heavy atom. The number of rotatable bonds is 7. The van der Waals surface area contributed by atoms with E-state index in [0.717, 1.165) is 33.3 Å². The molecule has 0 fully saturated rings. The number of halogens is 1. The van der Waals surface area contributed by atoms with Crippen molar-refractivity contribution in [3.8, 4) is 5.69 Å². The molecule has 0 amide bonds. The van der Waals surface area contributed by atoms with Gasteiger partial charge in [-0.1, -0.05) is 43.7 Å². The fraction of sp³-hybridized carbons (Fsp3) is 0.296. The van der Waals surface area contributed by atoms with Gasteiger partial charge in [0.25, 0.3) is 0 Å². The first-order valence-corrected chi connectivity index (χ1v) is 13.2. The molecule has 0 spiro atoms.